The van der Waals surface area contributed by atoms with E-state index in [1.165, 1.54) is 0 Å². The third kappa shape index (κ3) is 2.75. The highest BCUT2D eigenvalue weighted by atomic mass is 16.4. The van der Waals surface area contributed by atoms with Gasteiger partial charge in [0.1, 0.15) is 0 Å². The molecular formula is C9H13NO2. The van der Waals surface area contributed by atoms with Gasteiger partial charge in [-0.05, 0) is 18.8 Å². The van der Waals surface area contributed by atoms with Crippen LogP contribution in [0.4, 0.5) is 0 Å². The fourth-order valence-corrected chi connectivity index (χ4v) is 1.15. The first kappa shape index (κ1) is 10.7. The molecular weight excluding hydrogens is 154 g/mol. The number of allylic oxidation sites excluding steroid dienone is 1. The maximum absolute atomic E-state index is 10.6. The summed E-state index contributed by atoms with van der Waals surface area (Å²) in [5, 5.41) is 17.1. The molecule has 3 nitrogen and oxygen atoms in total. The Balaban J connectivity index is 4.63. The van der Waals surface area contributed by atoms with Crippen LogP contribution in [0.5, 0.6) is 0 Å². The molecule has 0 aromatic rings. The van der Waals surface area contributed by atoms with E-state index in [4.69, 9.17) is 10.4 Å². The average molecular weight is 167 g/mol. The summed E-state index contributed by atoms with van der Waals surface area (Å²) >= 11 is 0. The van der Waals surface area contributed by atoms with Crippen molar-refractivity contribution >= 4 is 5.97 Å². The number of nitrogens with zero attached hydrogens (tertiary/aromatic N) is 1. The number of hydrogen-bond donors (Lipinski definition) is 1. The lowest BCUT2D eigenvalue weighted by Gasteiger charge is -2.11. The highest BCUT2D eigenvalue weighted by molar-refractivity contribution is 5.87. The molecule has 0 fully saturated rings. The number of carbonyl (C=O) groups is 1. The van der Waals surface area contributed by atoms with Gasteiger partial charge < -0.3 is 5.11 Å². The van der Waals surface area contributed by atoms with Crippen molar-refractivity contribution in [2.45, 2.75) is 26.7 Å². The predicted octanol–water partition coefficient (Wildman–Crippen LogP) is 1.96. The molecule has 12 heavy (non-hydrogen) atoms. The summed E-state index contributed by atoms with van der Waals surface area (Å²) in [7, 11) is 0. The van der Waals surface area contributed by atoms with E-state index in [9.17, 15) is 4.79 Å². The summed E-state index contributed by atoms with van der Waals surface area (Å²) in [5.74, 6) is -0.979. The molecule has 0 aromatic carbocycles. The monoisotopic (exact) mass is 167 g/mol. The van der Waals surface area contributed by atoms with Gasteiger partial charge in [-0.1, -0.05) is 13.8 Å². The van der Waals surface area contributed by atoms with E-state index >= 15 is 0 Å². The van der Waals surface area contributed by atoms with Crippen molar-refractivity contribution in [3.8, 4) is 6.07 Å². The molecule has 0 unspecified atom stereocenters. The van der Waals surface area contributed by atoms with E-state index in [1.54, 1.807) is 6.07 Å². The molecule has 0 amide bonds. The zero-order valence-corrected chi connectivity index (χ0v) is 7.37. The smallest absolute Gasteiger partial charge is 0.332 e. The van der Waals surface area contributed by atoms with E-state index < -0.39 is 5.97 Å². The van der Waals surface area contributed by atoms with Crippen molar-refractivity contribution in [2.24, 2.45) is 5.92 Å². The Bertz CT molecular complexity index is 221. The van der Waals surface area contributed by atoms with Crippen LogP contribution in [0.1, 0.15) is 26.7 Å². The van der Waals surface area contributed by atoms with Crippen molar-refractivity contribution in [1.82, 2.24) is 0 Å². The van der Waals surface area contributed by atoms with Crippen molar-refractivity contribution in [3.63, 3.8) is 0 Å². The molecule has 0 aliphatic rings. The third-order valence-electron chi connectivity index (χ3n) is 1.89. The Morgan fingerprint density at radius 3 is 2.33 bits per heavy atom. The Labute approximate surface area is 72.3 Å². The molecule has 0 aliphatic carbocycles. The van der Waals surface area contributed by atoms with Gasteiger partial charge in [0.15, 0.2) is 0 Å². The van der Waals surface area contributed by atoms with Crippen LogP contribution >= 0.6 is 0 Å². The van der Waals surface area contributed by atoms with E-state index in [0.717, 1.165) is 18.9 Å². The van der Waals surface area contributed by atoms with Crippen molar-refractivity contribution in [1.29, 1.82) is 5.26 Å². The number of hydrogen-bond acceptors (Lipinski definition) is 2. The van der Waals surface area contributed by atoms with Gasteiger partial charge in [-0.15, -0.1) is 0 Å². The first-order valence-electron chi connectivity index (χ1n) is 4.00. The van der Waals surface area contributed by atoms with Gasteiger partial charge in [-0.25, -0.2) is 4.79 Å². The topological polar surface area (TPSA) is 61.1 Å². The molecule has 3 heteroatoms. The third-order valence-corrected chi connectivity index (χ3v) is 1.89. The number of carboxylic acid groups (broad SMARTS) is 1. The Morgan fingerprint density at radius 2 is 2.08 bits per heavy atom. The second-order valence-corrected chi connectivity index (χ2v) is 2.55. The van der Waals surface area contributed by atoms with E-state index in [1.807, 2.05) is 13.8 Å². The fraction of sp³-hybridized carbons (Fsp3) is 0.556. The predicted molar refractivity (Wildman–Crippen MR) is 45.4 cm³/mol. The van der Waals surface area contributed by atoms with Crippen LogP contribution in [-0.2, 0) is 4.79 Å². The Hall–Kier alpha value is -1.30. The van der Waals surface area contributed by atoms with Gasteiger partial charge in [-0.3, -0.25) is 0 Å². The number of nitriles is 1. The molecule has 0 bridgehead atoms. The minimum atomic E-state index is -0.981. The molecule has 66 valence electrons. The number of aliphatic carboxylic acids is 1. The van der Waals surface area contributed by atoms with Gasteiger partial charge in [0, 0.05) is 6.08 Å². The maximum atomic E-state index is 10.6. The van der Waals surface area contributed by atoms with Gasteiger partial charge >= 0.3 is 5.97 Å². The molecule has 0 rings (SSSR count). The van der Waals surface area contributed by atoms with Crippen LogP contribution in [0.3, 0.4) is 0 Å². The summed E-state index contributed by atoms with van der Waals surface area (Å²) in [4.78, 5) is 10.6. The van der Waals surface area contributed by atoms with Crippen LogP contribution in [-0.4, -0.2) is 11.1 Å². The molecule has 0 heterocycles. The standard InChI is InChI=1S/C9H13NO2/c1-3-7(4-2)8(5-6-10)9(11)12/h5,7H,3-4H2,1-2H3,(H,11,12)/b8-5-. The number of carboxylic acids is 1. The van der Waals surface area contributed by atoms with E-state index in [-0.39, 0.29) is 11.5 Å². The number of rotatable bonds is 4. The normalized spacial score (nSPS) is 11.3. The average Bonchev–Trinajstić information content (AvgIpc) is 2.05. The zero-order valence-electron chi connectivity index (χ0n) is 7.37. The largest absolute Gasteiger partial charge is 0.478 e. The SMILES string of the molecule is CCC(CC)/C(=C/C#N)C(=O)O. The second kappa shape index (κ2) is 5.36. The molecule has 0 aromatic heterocycles. The van der Waals surface area contributed by atoms with E-state index in [2.05, 4.69) is 0 Å². The first-order chi connectivity index (χ1) is 5.67. The molecule has 0 atom stereocenters. The quantitative estimate of drug-likeness (QED) is 0.514. The van der Waals surface area contributed by atoms with Gasteiger partial charge in [0.2, 0.25) is 0 Å². The lowest BCUT2D eigenvalue weighted by atomic mass is 9.93. The highest BCUT2D eigenvalue weighted by Gasteiger charge is 2.16. The summed E-state index contributed by atoms with van der Waals surface area (Å²) in [6.45, 7) is 3.84. The van der Waals surface area contributed by atoms with Crippen LogP contribution < -0.4 is 0 Å². The van der Waals surface area contributed by atoms with E-state index in [0.29, 0.717) is 0 Å². The Morgan fingerprint density at radius 1 is 1.58 bits per heavy atom. The van der Waals surface area contributed by atoms with Gasteiger partial charge in [0.25, 0.3) is 0 Å². The van der Waals surface area contributed by atoms with Crippen molar-refractivity contribution < 1.29 is 9.90 Å². The van der Waals surface area contributed by atoms with Gasteiger partial charge in [0.05, 0.1) is 11.6 Å². The molecule has 0 spiro atoms. The van der Waals surface area contributed by atoms with Crippen LogP contribution in [0.15, 0.2) is 11.6 Å². The summed E-state index contributed by atoms with van der Waals surface area (Å²) in [5.41, 5.74) is 0.225. The molecule has 0 saturated carbocycles. The first-order valence-corrected chi connectivity index (χ1v) is 4.00. The van der Waals surface area contributed by atoms with Crippen molar-refractivity contribution in [2.75, 3.05) is 0 Å². The van der Waals surface area contributed by atoms with Gasteiger partial charge in [-0.2, -0.15) is 5.26 Å². The molecule has 0 aliphatic heterocycles. The molecule has 0 radical (unpaired) electrons. The van der Waals surface area contributed by atoms with Crippen LogP contribution in [0.25, 0.3) is 0 Å². The minimum absolute atomic E-state index is 0.00199. The summed E-state index contributed by atoms with van der Waals surface area (Å²) in [6, 6.07) is 1.76. The molecule has 0 saturated heterocycles. The minimum Gasteiger partial charge on any atom is -0.478 e. The maximum Gasteiger partial charge on any atom is 0.332 e. The van der Waals surface area contributed by atoms with Crippen LogP contribution in [0, 0.1) is 17.2 Å². The highest BCUT2D eigenvalue weighted by Crippen LogP contribution is 2.18. The fourth-order valence-electron chi connectivity index (χ4n) is 1.15. The lowest BCUT2D eigenvalue weighted by molar-refractivity contribution is -0.133. The summed E-state index contributed by atoms with van der Waals surface area (Å²) in [6.07, 6.45) is 2.65. The zero-order chi connectivity index (χ0) is 9.56. The van der Waals surface area contributed by atoms with Crippen LogP contribution in [0.2, 0.25) is 0 Å². The summed E-state index contributed by atoms with van der Waals surface area (Å²) < 4.78 is 0. The second-order valence-electron chi connectivity index (χ2n) is 2.55. The molecule has 1 N–H and O–H groups in total. The Kier molecular flexibility index (Phi) is 4.78. The van der Waals surface area contributed by atoms with Crippen molar-refractivity contribution in [3.05, 3.63) is 11.6 Å². The lowest BCUT2D eigenvalue weighted by Crippen LogP contribution is -2.11.